The van der Waals surface area contributed by atoms with Crippen LogP contribution in [0.3, 0.4) is 0 Å². The molecule has 2 rings (SSSR count). The summed E-state index contributed by atoms with van der Waals surface area (Å²) in [6.07, 6.45) is 5.02. The Kier molecular flexibility index (Phi) is 5.15. The standard InChI is InChI=1S/C16H19N3O2/c1-2-3-4-12-5-7-13(8-6-12)21-14-9-10-15(18-11-14)16(17)19-20/h5-11,20H,2-4H2,1H3,(H2,17,19). The van der Waals surface area contributed by atoms with Gasteiger partial charge in [-0.3, -0.25) is 0 Å². The third-order valence-corrected chi connectivity index (χ3v) is 3.08. The molecule has 1 heterocycles. The Balaban J connectivity index is 2.01. The van der Waals surface area contributed by atoms with E-state index in [-0.39, 0.29) is 5.84 Å². The molecule has 21 heavy (non-hydrogen) atoms. The van der Waals surface area contributed by atoms with Crippen molar-refractivity contribution in [3.05, 3.63) is 53.9 Å². The number of hydrogen-bond donors (Lipinski definition) is 2. The fourth-order valence-electron chi connectivity index (χ4n) is 1.88. The number of aromatic nitrogens is 1. The van der Waals surface area contributed by atoms with Crippen molar-refractivity contribution < 1.29 is 9.94 Å². The van der Waals surface area contributed by atoms with Crippen LogP contribution >= 0.6 is 0 Å². The Morgan fingerprint density at radius 1 is 1.19 bits per heavy atom. The second-order valence-corrected chi connectivity index (χ2v) is 4.71. The van der Waals surface area contributed by atoms with Crippen molar-refractivity contribution in [2.75, 3.05) is 0 Å². The highest BCUT2D eigenvalue weighted by Gasteiger charge is 2.03. The fourth-order valence-corrected chi connectivity index (χ4v) is 1.88. The summed E-state index contributed by atoms with van der Waals surface area (Å²) in [4.78, 5) is 4.06. The zero-order valence-corrected chi connectivity index (χ0v) is 12.0. The van der Waals surface area contributed by atoms with E-state index in [0.717, 1.165) is 12.2 Å². The molecule has 0 aliphatic heterocycles. The highest BCUT2D eigenvalue weighted by Crippen LogP contribution is 2.21. The third kappa shape index (κ3) is 4.21. The number of nitrogens with two attached hydrogens (primary N) is 1. The lowest BCUT2D eigenvalue weighted by Crippen LogP contribution is -2.14. The quantitative estimate of drug-likeness (QED) is 0.369. The van der Waals surface area contributed by atoms with Crippen molar-refractivity contribution in [3.63, 3.8) is 0 Å². The minimum atomic E-state index is -0.0261. The van der Waals surface area contributed by atoms with Gasteiger partial charge < -0.3 is 15.7 Å². The first-order valence-corrected chi connectivity index (χ1v) is 6.93. The van der Waals surface area contributed by atoms with Crippen molar-refractivity contribution in [3.8, 4) is 11.5 Å². The monoisotopic (exact) mass is 285 g/mol. The summed E-state index contributed by atoms with van der Waals surface area (Å²) in [7, 11) is 0. The molecule has 1 aromatic carbocycles. The summed E-state index contributed by atoms with van der Waals surface area (Å²) in [5.41, 5.74) is 7.16. The molecule has 0 atom stereocenters. The number of aryl methyl sites for hydroxylation is 1. The molecule has 0 fully saturated rings. The molecule has 1 aromatic heterocycles. The van der Waals surface area contributed by atoms with E-state index in [1.54, 1.807) is 18.3 Å². The van der Waals surface area contributed by atoms with E-state index in [0.29, 0.717) is 11.4 Å². The van der Waals surface area contributed by atoms with E-state index in [1.807, 2.05) is 12.1 Å². The molecule has 0 spiro atoms. The summed E-state index contributed by atoms with van der Waals surface area (Å²) in [6.45, 7) is 2.18. The minimum Gasteiger partial charge on any atom is -0.456 e. The first-order chi connectivity index (χ1) is 10.2. The summed E-state index contributed by atoms with van der Waals surface area (Å²) in [5, 5.41) is 11.5. The van der Waals surface area contributed by atoms with Gasteiger partial charge in [-0.25, -0.2) is 4.98 Å². The number of unbranched alkanes of at least 4 members (excludes halogenated alkanes) is 1. The third-order valence-electron chi connectivity index (χ3n) is 3.08. The number of oxime groups is 1. The van der Waals surface area contributed by atoms with Gasteiger partial charge >= 0.3 is 0 Å². The van der Waals surface area contributed by atoms with E-state index < -0.39 is 0 Å². The second-order valence-electron chi connectivity index (χ2n) is 4.71. The maximum absolute atomic E-state index is 8.57. The first-order valence-electron chi connectivity index (χ1n) is 6.93. The Hall–Kier alpha value is -2.56. The summed E-state index contributed by atoms with van der Waals surface area (Å²) >= 11 is 0. The van der Waals surface area contributed by atoms with Crippen LogP contribution in [0.5, 0.6) is 11.5 Å². The lowest BCUT2D eigenvalue weighted by molar-refractivity contribution is 0.318. The highest BCUT2D eigenvalue weighted by atomic mass is 16.5. The predicted molar refractivity (Wildman–Crippen MR) is 81.9 cm³/mol. The van der Waals surface area contributed by atoms with Gasteiger partial charge in [-0.1, -0.05) is 30.6 Å². The molecule has 3 N–H and O–H groups in total. The van der Waals surface area contributed by atoms with Gasteiger partial charge in [-0.2, -0.15) is 0 Å². The topological polar surface area (TPSA) is 80.7 Å². The molecule has 5 heteroatoms. The zero-order chi connectivity index (χ0) is 15.1. The van der Waals surface area contributed by atoms with Crippen LogP contribution in [0.15, 0.2) is 47.8 Å². The maximum Gasteiger partial charge on any atom is 0.188 e. The average Bonchev–Trinajstić information content (AvgIpc) is 2.54. The Morgan fingerprint density at radius 3 is 2.48 bits per heavy atom. The SMILES string of the molecule is CCCCc1ccc(Oc2ccc(/C(N)=N/O)nc2)cc1. The van der Waals surface area contributed by atoms with Crippen LogP contribution in [0.4, 0.5) is 0 Å². The van der Waals surface area contributed by atoms with Gasteiger partial charge in [0.2, 0.25) is 0 Å². The Bertz CT molecular complexity index is 592. The largest absolute Gasteiger partial charge is 0.456 e. The number of benzene rings is 1. The van der Waals surface area contributed by atoms with Crippen molar-refractivity contribution in [1.29, 1.82) is 0 Å². The maximum atomic E-state index is 8.57. The van der Waals surface area contributed by atoms with Crippen molar-refractivity contribution in [1.82, 2.24) is 4.98 Å². The lowest BCUT2D eigenvalue weighted by atomic mass is 10.1. The van der Waals surface area contributed by atoms with Gasteiger partial charge in [0.1, 0.15) is 17.2 Å². The van der Waals surface area contributed by atoms with Gasteiger partial charge in [0.25, 0.3) is 0 Å². The number of ether oxygens (including phenoxy) is 1. The van der Waals surface area contributed by atoms with Crippen LogP contribution in [-0.4, -0.2) is 16.0 Å². The van der Waals surface area contributed by atoms with Gasteiger partial charge in [0, 0.05) is 0 Å². The molecule has 5 nitrogen and oxygen atoms in total. The van der Waals surface area contributed by atoms with Crippen LogP contribution in [0, 0.1) is 0 Å². The van der Waals surface area contributed by atoms with Crippen LogP contribution in [0.2, 0.25) is 0 Å². The fraction of sp³-hybridized carbons (Fsp3) is 0.250. The van der Waals surface area contributed by atoms with Crippen LogP contribution < -0.4 is 10.5 Å². The molecule has 0 aliphatic carbocycles. The molecule has 0 aliphatic rings. The number of hydrogen-bond acceptors (Lipinski definition) is 4. The molecule has 0 saturated carbocycles. The summed E-state index contributed by atoms with van der Waals surface area (Å²) in [6, 6.07) is 11.4. The smallest absolute Gasteiger partial charge is 0.188 e. The normalized spacial score (nSPS) is 11.4. The van der Waals surface area contributed by atoms with Crippen molar-refractivity contribution in [2.45, 2.75) is 26.2 Å². The van der Waals surface area contributed by atoms with Crippen LogP contribution in [0.1, 0.15) is 31.0 Å². The molecular weight excluding hydrogens is 266 g/mol. The highest BCUT2D eigenvalue weighted by molar-refractivity contribution is 5.95. The molecular formula is C16H19N3O2. The van der Waals surface area contributed by atoms with Crippen molar-refractivity contribution in [2.24, 2.45) is 10.9 Å². The van der Waals surface area contributed by atoms with E-state index in [2.05, 4.69) is 29.2 Å². The van der Waals surface area contributed by atoms with Crippen molar-refractivity contribution >= 4 is 5.84 Å². The lowest BCUT2D eigenvalue weighted by Gasteiger charge is -2.07. The molecule has 0 saturated heterocycles. The second kappa shape index (κ2) is 7.28. The number of nitrogens with zero attached hydrogens (tertiary/aromatic N) is 2. The van der Waals surface area contributed by atoms with Gasteiger partial charge in [0.05, 0.1) is 6.20 Å². The van der Waals surface area contributed by atoms with Crippen LogP contribution in [-0.2, 0) is 6.42 Å². The molecule has 0 radical (unpaired) electrons. The van der Waals surface area contributed by atoms with Gasteiger partial charge in [-0.15, -0.1) is 0 Å². The zero-order valence-electron chi connectivity index (χ0n) is 12.0. The Morgan fingerprint density at radius 2 is 1.90 bits per heavy atom. The van der Waals surface area contributed by atoms with Crippen LogP contribution in [0.25, 0.3) is 0 Å². The van der Waals surface area contributed by atoms with Gasteiger partial charge in [-0.05, 0) is 42.7 Å². The van der Waals surface area contributed by atoms with E-state index in [4.69, 9.17) is 15.7 Å². The van der Waals surface area contributed by atoms with Gasteiger partial charge in [0.15, 0.2) is 5.84 Å². The molecule has 0 bridgehead atoms. The van der Waals surface area contributed by atoms with E-state index >= 15 is 0 Å². The summed E-state index contributed by atoms with van der Waals surface area (Å²) in [5.74, 6) is 1.33. The first kappa shape index (κ1) is 14.8. The molecule has 0 unspecified atom stereocenters. The molecule has 0 amide bonds. The number of rotatable bonds is 6. The minimum absolute atomic E-state index is 0.0261. The predicted octanol–water partition coefficient (Wildman–Crippen LogP) is 3.31. The average molecular weight is 285 g/mol. The molecule has 2 aromatic rings. The molecule has 110 valence electrons. The van der Waals surface area contributed by atoms with E-state index in [9.17, 15) is 0 Å². The number of pyridine rings is 1. The van der Waals surface area contributed by atoms with E-state index in [1.165, 1.54) is 18.4 Å². The number of amidine groups is 1. The Labute approximate surface area is 124 Å². The summed E-state index contributed by atoms with van der Waals surface area (Å²) < 4.78 is 5.70.